The van der Waals surface area contributed by atoms with E-state index < -0.39 is 11.8 Å². The Morgan fingerprint density at radius 1 is 0.929 bits per heavy atom. The fraction of sp³-hybridized carbons (Fsp3) is 0.143. The first kappa shape index (κ1) is 19.0. The fourth-order valence-corrected chi connectivity index (χ4v) is 2.40. The molecule has 0 atom stereocenters. The molecule has 1 aromatic heterocycles. The summed E-state index contributed by atoms with van der Waals surface area (Å²) in [5.41, 5.74) is 6.18. The van der Waals surface area contributed by atoms with E-state index in [0.717, 1.165) is 5.56 Å². The van der Waals surface area contributed by atoms with Crippen LogP contribution in [0.15, 0.2) is 71.3 Å². The zero-order valence-corrected chi connectivity index (χ0v) is 15.3. The number of hydrogen-bond acceptors (Lipinski definition) is 5. The highest BCUT2D eigenvalue weighted by Crippen LogP contribution is 2.15. The predicted molar refractivity (Wildman–Crippen MR) is 102 cm³/mol. The van der Waals surface area contributed by atoms with E-state index >= 15 is 0 Å². The van der Waals surface area contributed by atoms with Crippen LogP contribution in [0.1, 0.15) is 21.7 Å². The molecule has 0 spiro atoms. The number of carbonyl (C=O) groups is 2. The van der Waals surface area contributed by atoms with Gasteiger partial charge in [0.25, 0.3) is 5.91 Å². The lowest BCUT2D eigenvalue weighted by Gasteiger charge is -2.09. The van der Waals surface area contributed by atoms with E-state index in [1.807, 2.05) is 55.5 Å². The number of furan rings is 1. The van der Waals surface area contributed by atoms with Crippen LogP contribution in [0, 0.1) is 6.92 Å². The molecule has 1 heterocycles. The van der Waals surface area contributed by atoms with Crippen LogP contribution in [0.3, 0.4) is 0 Å². The number of amides is 2. The topological polar surface area (TPSA) is 89.8 Å². The minimum absolute atomic E-state index is 0.0656. The van der Waals surface area contributed by atoms with Crippen LogP contribution >= 0.6 is 0 Å². The van der Waals surface area contributed by atoms with E-state index in [1.54, 1.807) is 12.1 Å². The number of carbonyl (C=O) groups excluding carboxylic acids is 2. The molecule has 0 saturated heterocycles. The van der Waals surface area contributed by atoms with Crippen molar-refractivity contribution in [2.75, 3.05) is 6.61 Å². The van der Waals surface area contributed by atoms with Gasteiger partial charge in [-0.25, -0.2) is 0 Å². The molecule has 144 valence electrons. The van der Waals surface area contributed by atoms with E-state index in [-0.39, 0.29) is 19.0 Å². The van der Waals surface area contributed by atoms with Crippen LogP contribution in [0.2, 0.25) is 0 Å². The first-order chi connectivity index (χ1) is 13.6. The van der Waals surface area contributed by atoms with Crippen LogP contribution < -0.4 is 20.3 Å². The second-order valence-corrected chi connectivity index (χ2v) is 5.98. The summed E-state index contributed by atoms with van der Waals surface area (Å²) in [5, 5.41) is 0. The van der Waals surface area contributed by atoms with Crippen LogP contribution in [0.4, 0.5) is 0 Å². The lowest BCUT2D eigenvalue weighted by atomic mass is 10.2. The van der Waals surface area contributed by atoms with Crippen molar-refractivity contribution in [3.8, 4) is 11.5 Å². The van der Waals surface area contributed by atoms with Crippen molar-refractivity contribution in [3.63, 3.8) is 0 Å². The molecule has 0 fully saturated rings. The van der Waals surface area contributed by atoms with Crippen molar-refractivity contribution in [3.05, 3.63) is 83.8 Å². The second kappa shape index (κ2) is 9.27. The van der Waals surface area contributed by atoms with Gasteiger partial charge in [-0.2, -0.15) is 0 Å². The van der Waals surface area contributed by atoms with Gasteiger partial charge in [-0.15, -0.1) is 0 Å². The summed E-state index contributed by atoms with van der Waals surface area (Å²) in [6, 6.07) is 18.2. The van der Waals surface area contributed by atoms with Crippen molar-refractivity contribution in [1.29, 1.82) is 0 Å². The van der Waals surface area contributed by atoms with Gasteiger partial charge in [-0.1, -0.05) is 30.3 Å². The van der Waals surface area contributed by atoms with E-state index in [2.05, 4.69) is 10.9 Å². The molecule has 3 rings (SSSR count). The molecule has 2 aromatic carbocycles. The molecule has 0 aliphatic heterocycles. The molecule has 0 radical (unpaired) electrons. The van der Waals surface area contributed by atoms with Gasteiger partial charge in [0.15, 0.2) is 12.4 Å². The van der Waals surface area contributed by atoms with E-state index in [0.29, 0.717) is 17.1 Å². The monoisotopic (exact) mass is 380 g/mol. The van der Waals surface area contributed by atoms with Crippen molar-refractivity contribution in [2.45, 2.75) is 13.5 Å². The van der Waals surface area contributed by atoms with Gasteiger partial charge in [-0.05, 0) is 42.8 Å². The maximum atomic E-state index is 12.2. The molecule has 3 aromatic rings. The van der Waals surface area contributed by atoms with Crippen LogP contribution in [0.5, 0.6) is 11.5 Å². The largest absolute Gasteiger partial charge is 0.489 e. The third-order valence-electron chi connectivity index (χ3n) is 3.77. The molecule has 2 N–H and O–H groups in total. The third kappa shape index (κ3) is 5.38. The highest BCUT2D eigenvalue weighted by Gasteiger charge is 2.16. The predicted octanol–water partition coefficient (Wildman–Crippen LogP) is 3.01. The van der Waals surface area contributed by atoms with Gasteiger partial charge in [0, 0.05) is 5.56 Å². The molecule has 2 amide bonds. The van der Waals surface area contributed by atoms with Gasteiger partial charge >= 0.3 is 5.91 Å². The molecular weight excluding hydrogens is 360 g/mol. The normalized spacial score (nSPS) is 10.2. The third-order valence-corrected chi connectivity index (χ3v) is 3.77. The molecule has 0 aliphatic rings. The van der Waals surface area contributed by atoms with Gasteiger partial charge in [0.05, 0.1) is 6.26 Å². The Balaban J connectivity index is 1.47. The van der Waals surface area contributed by atoms with Crippen LogP contribution in [-0.2, 0) is 11.4 Å². The standard InChI is InChI=1S/C21H20N2O5/c1-15-6-5-9-18(12-15)28-14-19(24)22-23-21(25)20-16(10-11-26-20)13-27-17-7-3-2-4-8-17/h2-12H,13-14H2,1H3,(H,22,24)(H,23,25). The zero-order valence-electron chi connectivity index (χ0n) is 15.3. The number of hydrogen-bond donors (Lipinski definition) is 2. The zero-order chi connectivity index (χ0) is 19.8. The van der Waals surface area contributed by atoms with Crippen molar-refractivity contribution < 1.29 is 23.5 Å². The smallest absolute Gasteiger partial charge is 0.305 e. The minimum Gasteiger partial charge on any atom is -0.489 e. The molecule has 0 bridgehead atoms. The second-order valence-electron chi connectivity index (χ2n) is 5.98. The Hall–Kier alpha value is -3.74. The van der Waals surface area contributed by atoms with Crippen molar-refractivity contribution >= 4 is 11.8 Å². The SMILES string of the molecule is Cc1cccc(OCC(=O)NNC(=O)c2occc2COc2ccccc2)c1. The summed E-state index contributed by atoms with van der Waals surface area (Å²) >= 11 is 0. The number of para-hydroxylation sites is 1. The first-order valence-corrected chi connectivity index (χ1v) is 8.64. The number of hydrazine groups is 1. The lowest BCUT2D eigenvalue weighted by molar-refractivity contribution is -0.123. The quantitative estimate of drug-likeness (QED) is 0.615. The fourth-order valence-electron chi connectivity index (χ4n) is 2.40. The molecule has 0 saturated carbocycles. The van der Waals surface area contributed by atoms with Crippen LogP contribution in [0.25, 0.3) is 0 Å². The average molecular weight is 380 g/mol. The molecule has 7 nitrogen and oxygen atoms in total. The number of aryl methyl sites for hydroxylation is 1. The van der Waals surface area contributed by atoms with Gasteiger partial charge in [0.1, 0.15) is 18.1 Å². The maximum Gasteiger partial charge on any atom is 0.305 e. The summed E-state index contributed by atoms with van der Waals surface area (Å²) in [6.45, 7) is 1.86. The van der Waals surface area contributed by atoms with Gasteiger partial charge in [-0.3, -0.25) is 20.4 Å². The Bertz CT molecular complexity index is 937. The summed E-state index contributed by atoms with van der Waals surface area (Å²) in [7, 11) is 0. The Labute approximate surface area is 162 Å². The molecular formula is C21H20N2O5. The number of rotatable bonds is 7. The van der Waals surface area contributed by atoms with E-state index in [4.69, 9.17) is 13.9 Å². The van der Waals surface area contributed by atoms with E-state index in [9.17, 15) is 9.59 Å². The van der Waals surface area contributed by atoms with Crippen LogP contribution in [-0.4, -0.2) is 18.4 Å². The first-order valence-electron chi connectivity index (χ1n) is 8.64. The number of ether oxygens (including phenoxy) is 2. The Morgan fingerprint density at radius 3 is 2.50 bits per heavy atom. The summed E-state index contributed by atoms with van der Waals surface area (Å²) in [4.78, 5) is 24.1. The van der Waals surface area contributed by atoms with Crippen molar-refractivity contribution in [1.82, 2.24) is 10.9 Å². The van der Waals surface area contributed by atoms with Crippen molar-refractivity contribution in [2.24, 2.45) is 0 Å². The van der Waals surface area contributed by atoms with Gasteiger partial charge in [0.2, 0.25) is 0 Å². The lowest BCUT2D eigenvalue weighted by Crippen LogP contribution is -2.44. The molecule has 28 heavy (non-hydrogen) atoms. The molecule has 0 aliphatic carbocycles. The highest BCUT2D eigenvalue weighted by atomic mass is 16.5. The van der Waals surface area contributed by atoms with Gasteiger partial charge < -0.3 is 13.9 Å². The summed E-state index contributed by atoms with van der Waals surface area (Å²) < 4.78 is 16.2. The summed E-state index contributed by atoms with van der Waals surface area (Å²) in [6.07, 6.45) is 1.39. The molecule has 7 heteroatoms. The molecule has 0 unspecified atom stereocenters. The Morgan fingerprint density at radius 2 is 1.71 bits per heavy atom. The number of nitrogens with one attached hydrogen (secondary N) is 2. The highest BCUT2D eigenvalue weighted by molar-refractivity contribution is 5.94. The maximum absolute atomic E-state index is 12.2. The summed E-state index contributed by atoms with van der Waals surface area (Å²) in [5.74, 6) is 0.240. The number of benzene rings is 2. The average Bonchev–Trinajstić information content (AvgIpc) is 3.18. The van der Waals surface area contributed by atoms with E-state index in [1.165, 1.54) is 6.26 Å². The minimum atomic E-state index is -0.583. The Kier molecular flexibility index (Phi) is 6.30.